The first-order valence-electron chi connectivity index (χ1n) is 9.61. The third kappa shape index (κ3) is 5.96. The number of nitrogens with zero attached hydrogens (tertiary/aromatic N) is 1. The van der Waals surface area contributed by atoms with Gasteiger partial charge in [0.1, 0.15) is 6.61 Å². The van der Waals surface area contributed by atoms with E-state index in [0.717, 1.165) is 68.6 Å². The van der Waals surface area contributed by atoms with Gasteiger partial charge in [-0.2, -0.15) is 0 Å². The summed E-state index contributed by atoms with van der Waals surface area (Å²) in [6.07, 6.45) is 0. The second-order valence-corrected chi connectivity index (χ2v) is 6.86. The molecule has 5 nitrogen and oxygen atoms in total. The Balaban J connectivity index is 1.57. The van der Waals surface area contributed by atoms with Crippen LogP contribution in [0.25, 0.3) is 0 Å². The van der Waals surface area contributed by atoms with Crippen molar-refractivity contribution in [2.24, 2.45) is 0 Å². The van der Waals surface area contributed by atoms with Crippen molar-refractivity contribution < 1.29 is 14.2 Å². The van der Waals surface area contributed by atoms with Crippen LogP contribution in [0.4, 0.5) is 0 Å². The lowest BCUT2D eigenvalue weighted by atomic mass is 10.1. The average Bonchev–Trinajstić information content (AvgIpc) is 2.70. The fourth-order valence-electron chi connectivity index (χ4n) is 3.27. The molecule has 0 amide bonds. The molecule has 0 atom stereocenters. The molecule has 2 aromatic rings. The third-order valence-corrected chi connectivity index (χ3v) is 4.77. The third-order valence-electron chi connectivity index (χ3n) is 4.77. The summed E-state index contributed by atoms with van der Waals surface area (Å²) in [6, 6.07) is 14.4. The summed E-state index contributed by atoms with van der Waals surface area (Å²) in [6.45, 7) is 9.07. The Labute approximate surface area is 162 Å². The molecule has 2 aromatic carbocycles. The number of rotatable bonds is 9. The van der Waals surface area contributed by atoms with Gasteiger partial charge >= 0.3 is 0 Å². The Bertz CT molecular complexity index is 714. The zero-order valence-corrected chi connectivity index (χ0v) is 16.4. The standard InChI is InChI=1S/C22H30N2O3/c1-18-5-3-6-19(15-18)17-27-22-20(7-4-8-21(22)25-2)16-23-9-10-24-11-13-26-14-12-24/h3-8,15,23H,9-14,16-17H2,1-2H3. The second-order valence-electron chi connectivity index (χ2n) is 6.86. The molecule has 0 radical (unpaired) electrons. The van der Waals surface area contributed by atoms with Gasteiger partial charge in [0, 0.05) is 38.3 Å². The van der Waals surface area contributed by atoms with Crippen molar-refractivity contribution >= 4 is 0 Å². The van der Waals surface area contributed by atoms with Gasteiger partial charge in [0.05, 0.1) is 20.3 Å². The molecular weight excluding hydrogens is 340 g/mol. The number of methoxy groups -OCH3 is 1. The normalized spacial score (nSPS) is 14.9. The maximum atomic E-state index is 6.16. The molecule has 1 fully saturated rings. The van der Waals surface area contributed by atoms with Gasteiger partial charge in [0.2, 0.25) is 0 Å². The molecule has 3 rings (SSSR count). The predicted molar refractivity (Wildman–Crippen MR) is 107 cm³/mol. The second kappa shape index (κ2) is 10.3. The number of para-hydroxylation sites is 1. The predicted octanol–water partition coefficient (Wildman–Crippen LogP) is 3.00. The zero-order chi connectivity index (χ0) is 18.9. The van der Waals surface area contributed by atoms with Crippen LogP contribution in [0.3, 0.4) is 0 Å². The highest BCUT2D eigenvalue weighted by Crippen LogP contribution is 2.31. The van der Waals surface area contributed by atoms with E-state index >= 15 is 0 Å². The van der Waals surface area contributed by atoms with E-state index in [1.54, 1.807) is 7.11 Å². The Morgan fingerprint density at radius 3 is 2.70 bits per heavy atom. The lowest BCUT2D eigenvalue weighted by Gasteiger charge is -2.26. The van der Waals surface area contributed by atoms with Crippen LogP contribution in [0, 0.1) is 6.92 Å². The largest absolute Gasteiger partial charge is 0.493 e. The summed E-state index contributed by atoms with van der Waals surface area (Å²) < 4.78 is 17.1. The molecule has 1 heterocycles. The molecule has 1 N–H and O–H groups in total. The highest BCUT2D eigenvalue weighted by molar-refractivity contribution is 5.46. The van der Waals surface area contributed by atoms with Crippen LogP contribution >= 0.6 is 0 Å². The lowest BCUT2D eigenvalue weighted by molar-refractivity contribution is 0.0384. The van der Waals surface area contributed by atoms with Gasteiger partial charge in [0.25, 0.3) is 0 Å². The molecule has 1 saturated heterocycles. The fourth-order valence-corrected chi connectivity index (χ4v) is 3.27. The van der Waals surface area contributed by atoms with Crippen LogP contribution in [0.1, 0.15) is 16.7 Å². The van der Waals surface area contributed by atoms with E-state index in [-0.39, 0.29) is 0 Å². The van der Waals surface area contributed by atoms with E-state index in [2.05, 4.69) is 47.5 Å². The van der Waals surface area contributed by atoms with Crippen LogP contribution in [-0.4, -0.2) is 51.4 Å². The van der Waals surface area contributed by atoms with E-state index in [9.17, 15) is 0 Å². The quantitative estimate of drug-likeness (QED) is 0.688. The van der Waals surface area contributed by atoms with Gasteiger partial charge in [0.15, 0.2) is 11.5 Å². The molecule has 1 aliphatic rings. The van der Waals surface area contributed by atoms with Crippen molar-refractivity contribution in [3.8, 4) is 11.5 Å². The molecular formula is C22H30N2O3. The van der Waals surface area contributed by atoms with Gasteiger partial charge in [-0.05, 0) is 18.6 Å². The molecule has 0 spiro atoms. The lowest BCUT2D eigenvalue weighted by Crippen LogP contribution is -2.40. The number of benzene rings is 2. The van der Waals surface area contributed by atoms with Gasteiger partial charge in [-0.25, -0.2) is 0 Å². The molecule has 0 aromatic heterocycles. The van der Waals surface area contributed by atoms with E-state index in [0.29, 0.717) is 6.61 Å². The van der Waals surface area contributed by atoms with Crippen molar-refractivity contribution in [1.29, 1.82) is 0 Å². The molecule has 5 heteroatoms. The average molecular weight is 370 g/mol. The maximum absolute atomic E-state index is 6.16. The topological polar surface area (TPSA) is 43.0 Å². The number of aryl methyl sites for hydroxylation is 1. The molecule has 0 saturated carbocycles. The minimum absolute atomic E-state index is 0.531. The van der Waals surface area contributed by atoms with Crippen LogP contribution in [0.2, 0.25) is 0 Å². The highest BCUT2D eigenvalue weighted by Gasteiger charge is 2.12. The van der Waals surface area contributed by atoms with Crippen molar-refractivity contribution in [3.63, 3.8) is 0 Å². The Kier molecular flexibility index (Phi) is 7.51. The summed E-state index contributed by atoms with van der Waals surface area (Å²) in [4.78, 5) is 2.43. The Morgan fingerprint density at radius 2 is 1.93 bits per heavy atom. The summed E-state index contributed by atoms with van der Waals surface area (Å²) in [5.74, 6) is 1.59. The van der Waals surface area contributed by atoms with Gasteiger partial charge < -0.3 is 19.5 Å². The number of ether oxygens (including phenoxy) is 3. The molecule has 0 bridgehead atoms. The number of morpholine rings is 1. The van der Waals surface area contributed by atoms with Crippen molar-refractivity contribution in [2.75, 3.05) is 46.5 Å². The van der Waals surface area contributed by atoms with Crippen molar-refractivity contribution in [1.82, 2.24) is 10.2 Å². The molecule has 0 unspecified atom stereocenters. The van der Waals surface area contributed by atoms with Crippen LogP contribution in [0.15, 0.2) is 42.5 Å². The summed E-state index contributed by atoms with van der Waals surface area (Å²) in [5.41, 5.74) is 3.51. The summed E-state index contributed by atoms with van der Waals surface area (Å²) in [5, 5.41) is 3.53. The fraction of sp³-hybridized carbons (Fsp3) is 0.455. The Morgan fingerprint density at radius 1 is 1.11 bits per heavy atom. The molecule has 27 heavy (non-hydrogen) atoms. The summed E-state index contributed by atoms with van der Waals surface area (Å²) >= 11 is 0. The zero-order valence-electron chi connectivity index (χ0n) is 16.4. The number of hydrogen-bond acceptors (Lipinski definition) is 5. The van der Waals surface area contributed by atoms with E-state index in [1.807, 2.05) is 12.1 Å². The minimum atomic E-state index is 0.531. The van der Waals surface area contributed by atoms with Crippen LogP contribution < -0.4 is 14.8 Å². The van der Waals surface area contributed by atoms with Crippen LogP contribution in [-0.2, 0) is 17.9 Å². The monoisotopic (exact) mass is 370 g/mol. The number of hydrogen-bond donors (Lipinski definition) is 1. The number of nitrogens with one attached hydrogen (secondary N) is 1. The van der Waals surface area contributed by atoms with Crippen molar-refractivity contribution in [2.45, 2.75) is 20.1 Å². The van der Waals surface area contributed by atoms with Crippen LogP contribution in [0.5, 0.6) is 11.5 Å². The SMILES string of the molecule is COc1cccc(CNCCN2CCOCC2)c1OCc1cccc(C)c1. The molecule has 146 valence electrons. The Hall–Kier alpha value is -2.08. The smallest absolute Gasteiger partial charge is 0.166 e. The summed E-state index contributed by atoms with van der Waals surface area (Å²) in [7, 11) is 1.69. The van der Waals surface area contributed by atoms with E-state index in [1.165, 1.54) is 5.56 Å². The first kappa shape index (κ1) is 19.7. The van der Waals surface area contributed by atoms with E-state index in [4.69, 9.17) is 14.2 Å². The first-order chi connectivity index (χ1) is 13.3. The highest BCUT2D eigenvalue weighted by atomic mass is 16.5. The maximum Gasteiger partial charge on any atom is 0.166 e. The van der Waals surface area contributed by atoms with Gasteiger partial charge in [-0.1, -0.05) is 42.0 Å². The minimum Gasteiger partial charge on any atom is -0.493 e. The molecule has 0 aliphatic carbocycles. The van der Waals surface area contributed by atoms with Gasteiger partial charge in [-0.3, -0.25) is 4.90 Å². The van der Waals surface area contributed by atoms with Crippen molar-refractivity contribution in [3.05, 3.63) is 59.2 Å². The van der Waals surface area contributed by atoms with Gasteiger partial charge in [-0.15, -0.1) is 0 Å². The molecule has 1 aliphatic heterocycles. The van der Waals surface area contributed by atoms with E-state index < -0.39 is 0 Å². The first-order valence-corrected chi connectivity index (χ1v) is 9.61.